The summed E-state index contributed by atoms with van der Waals surface area (Å²) in [6.07, 6.45) is 7.06. The first-order valence-corrected chi connectivity index (χ1v) is 7.68. The van der Waals surface area contributed by atoms with E-state index >= 15 is 0 Å². The third kappa shape index (κ3) is 2.51. The summed E-state index contributed by atoms with van der Waals surface area (Å²) in [5.74, 6) is 1.41. The molecule has 1 aliphatic carbocycles. The van der Waals surface area contributed by atoms with Crippen molar-refractivity contribution in [2.75, 3.05) is 6.54 Å². The number of rotatable bonds is 2. The number of hydrogen-bond acceptors (Lipinski definition) is 2. The third-order valence-electron chi connectivity index (χ3n) is 5.06. The number of phenolic OH excluding ortho intramolecular Hbond substituents is 1. The second-order valence-electron chi connectivity index (χ2n) is 6.45. The number of hydrogen-bond donors (Lipinski definition) is 1. The zero-order valence-corrected chi connectivity index (χ0v) is 12.2. The molecule has 1 aromatic rings. The first-order chi connectivity index (χ1) is 9.15. The fourth-order valence-corrected chi connectivity index (χ4v) is 4.07. The molecule has 0 spiro atoms. The van der Waals surface area contributed by atoms with Gasteiger partial charge in [0.15, 0.2) is 0 Å². The lowest BCUT2D eigenvalue weighted by Gasteiger charge is -2.31. The first kappa shape index (κ1) is 13.0. The van der Waals surface area contributed by atoms with E-state index in [2.05, 4.69) is 17.0 Å². The smallest absolute Gasteiger partial charge is 0.121 e. The average molecular weight is 259 g/mol. The Morgan fingerprint density at radius 2 is 1.79 bits per heavy atom. The van der Waals surface area contributed by atoms with Gasteiger partial charge in [0.2, 0.25) is 0 Å². The Labute approximate surface area is 116 Å². The topological polar surface area (TPSA) is 23.5 Å². The predicted molar refractivity (Wildman–Crippen MR) is 78.4 cm³/mol. The largest absolute Gasteiger partial charge is 0.507 e. The van der Waals surface area contributed by atoms with Crippen LogP contribution >= 0.6 is 0 Å². The zero-order valence-electron chi connectivity index (χ0n) is 12.2. The summed E-state index contributed by atoms with van der Waals surface area (Å²) < 4.78 is 0. The van der Waals surface area contributed by atoms with Gasteiger partial charge >= 0.3 is 0 Å². The molecule has 1 saturated carbocycles. The highest BCUT2D eigenvalue weighted by Gasteiger charge is 2.35. The molecule has 2 atom stereocenters. The number of fused-ring (bicyclic) bond motifs is 1. The van der Waals surface area contributed by atoms with E-state index in [9.17, 15) is 5.11 Å². The minimum Gasteiger partial charge on any atom is -0.507 e. The van der Waals surface area contributed by atoms with E-state index < -0.39 is 0 Å². The fraction of sp³-hybridized carbons (Fsp3) is 0.647. The summed E-state index contributed by atoms with van der Waals surface area (Å²) in [6, 6.07) is 5.12. The SMILES string of the molecule is Cc1cc(CN2CCC3CCCCC32)cc(C)c1O. The Hall–Kier alpha value is -1.02. The number of aromatic hydroxyl groups is 1. The Bertz CT molecular complexity index is 445. The molecule has 1 heterocycles. The molecule has 2 unspecified atom stereocenters. The van der Waals surface area contributed by atoms with E-state index in [1.54, 1.807) is 0 Å². The highest BCUT2D eigenvalue weighted by Crippen LogP contribution is 2.37. The van der Waals surface area contributed by atoms with Crippen molar-refractivity contribution in [2.24, 2.45) is 5.92 Å². The first-order valence-electron chi connectivity index (χ1n) is 7.68. The van der Waals surface area contributed by atoms with Crippen LogP contribution in [0.2, 0.25) is 0 Å². The van der Waals surface area contributed by atoms with Crippen molar-refractivity contribution >= 4 is 0 Å². The number of benzene rings is 1. The van der Waals surface area contributed by atoms with Crippen LogP contribution < -0.4 is 0 Å². The molecule has 2 nitrogen and oxygen atoms in total. The second-order valence-corrected chi connectivity index (χ2v) is 6.45. The Balaban J connectivity index is 1.75. The van der Waals surface area contributed by atoms with Crippen LogP contribution in [0.3, 0.4) is 0 Å². The molecular formula is C17H25NO. The van der Waals surface area contributed by atoms with Gasteiger partial charge in [0.05, 0.1) is 0 Å². The van der Waals surface area contributed by atoms with E-state index in [4.69, 9.17) is 0 Å². The highest BCUT2D eigenvalue weighted by atomic mass is 16.3. The minimum absolute atomic E-state index is 0.459. The van der Waals surface area contributed by atoms with Gasteiger partial charge in [0.1, 0.15) is 5.75 Å². The molecule has 0 radical (unpaired) electrons. The van der Waals surface area contributed by atoms with Crippen molar-refractivity contribution < 1.29 is 5.11 Å². The molecule has 3 rings (SSSR count). The van der Waals surface area contributed by atoms with Crippen LogP contribution in [0.15, 0.2) is 12.1 Å². The summed E-state index contributed by atoms with van der Waals surface area (Å²) in [4.78, 5) is 2.68. The maximum absolute atomic E-state index is 9.87. The van der Waals surface area contributed by atoms with Gasteiger partial charge in [-0.3, -0.25) is 4.90 Å². The monoisotopic (exact) mass is 259 g/mol. The summed E-state index contributed by atoms with van der Waals surface area (Å²) >= 11 is 0. The predicted octanol–water partition coefficient (Wildman–Crippen LogP) is 3.77. The summed E-state index contributed by atoms with van der Waals surface area (Å²) in [6.45, 7) is 6.32. The van der Waals surface area contributed by atoms with E-state index in [1.807, 2.05) is 13.8 Å². The molecule has 1 saturated heterocycles. The molecular weight excluding hydrogens is 234 g/mol. The van der Waals surface area contributed by atoms with Crippen molar-refractivity contribution in [1.29, 1.82) is 0 Å². The van der Waals surface area contributed by atoms with Crippen LogP contribution in [0.5, 0.6) is 5.75 Å². The Kier molecular flexibility index (Phi) is 3.53. The van der Waals surface area contributed by atoms with Gasteiger partial charge in [-0.25, -0.2) is 0 Å². The maximum atomic E-state index is 9.87. The zero-order chi connectivity index (χ0) is 13.4. The van der Waals surface area contributed by atoms with E-state index in [-0.39, 0.29) is 0 Å². The maximum Gasteiger partial charge on any atom is 0.121 e. The molecule has 104 valence electrons. The molecule has 2 heteroatoms. The van der Waals surface area contributed by atoms with Crippen LogP contribution in [0.25, 0.3) is 0 Å². The Morgan fingerprint density at radius 3 is 2.53 bits per heavy atom. The van der Waals surface area contributed by atoms with Gasteiger partial charge in [-0.05, 0) is 62.3 Å². The van der Waals surface area contributed by atoms with Crippen molar-refractivity contribution in [2.45, 2.75) is 58.5 Å². The lowest BCUT2D eigenvalue weighted by Crippen LogP contribution is -2.34. The van der Waals surface area contributed by atoms with Gasteiger partial charge in [0, 0.05) is 12.6 Å². The molecule has 1 aliphatic heterocycles. The van der Waals surface area contributed by atoms with Crippen LogP contribution in [0.1, 0.15) is 48.8 Å². The average Bonchev–Trinajstić information content (AvgIpc) is 2.79. The van der Waals surface area contributed by atoms with Gasteiger partial charge in [-0.2, -0.15) is 0 Å². The molecule has 1 aromatic carbocycles. The van der Waals surface area contributed by atoms with Gasteiger partial charge in [-0.15, -0.1) is 0 Å². The number of nitrogens with zero attached hydrogens (tertiary/aromatic N) is 1. The summed E-state index contributed by atoms with van der Waals surface area (Å²) in [5.41, 5.74) is 3.38. The van der Waals surface area contributed by atoms with Crippen LogP contribution in [0.4, 0.5) is 0 Å². The lowest BCUT2D eigenvalue weighted by molar-refractivity contribution is 0.176. The summed E-state index contributed by atoms with van der Waals surface area (Å²) in [5, 5.41) is 9.87. The van der Waals surface area contributed by atoms with Crippen molar-refractivity contribution in [3.8, 4) is 5.75 Å². The van der Waals surface area contributed by atoms with Crippen LogP contribution in [-0.2, 0) is 6.54 Å². The van der Waals surface area contributed by atoms with E-state index in [0.717, 1.165) is 29.6 Å². The van der Waals surface area contributed by atoms with Gasteiger partial charge in [-0.1, -0.05) is 25.0 Å². The molecule has 0 aromatic heterocycles. The highest BCUT2D eigenvalue weighted by molar-refractivity contribution is 5.42. The number of aryl methyl sites for hydroxylation is 2. The standard InChI is InChI=1S/C17H25NO/c1-12-9-14(10-13(2)17(12)19)11-18-8-7-15-5-3-4-6-16(15)18/h9-10,15-16,19H,3-8,11H2,1-2H3. The van der Waals surface area contributed by atoms with Crippen LogP contribution in [-0.4, -0.2) is 22.6 Å². The van der Waals surface area contributed by atoms with Gasteiger partial charge in [0.25, 0.3) is 0 Å². The van der Waals surface area contributed by atoms with Crippen molar-refractivity contribution in [1.82, 2.24) is 4.90 Å². The van der Waals surface area contributed by atoms with Crippen molar-refractivity contribution in [3.63, 3.8) is 0 Å². The number of likely N-dealkylation sites (tertiary alicyclic amines) is 1. The van der Waals surface area contributed by atoms with Crippen molar-refractivity contribution in [3.05, 3.63) is 28.8 Å². The van der Waals surface area contributed by atoms with E-state index in [0.29, 0.717) is 5.75 Å². The fourth-order valence-electron chi connectivity index (χ4n) is 4.07. The molecule has 2 aliphatic rings. The molecule has 2 fully saturated rings. The van der Waals surface area contributed by atoms with Gasteiger partial charge < -0.3 is 5.11 Å². The summed E-state index contributed by atoms with van der Waals surface area (Å²) in [7, 11) is 0. The molecule has 1 N–H and O–H groups in total. The quantitative estimate of drug-likeness (QED) is 0.874. The van der Waals surface area contributed by atoms with Crippen LogP contribution in [0, 0.1) is 19.8 Å². The normalized spacial score (nSPS) is 27.5. The lowest BCUT2D eigenvalue weighted by atomic mass is 9.85. The minimum atomic E-state index is 0.459. The number of phenols is 1. The molecule has 0 bridgehead atoms. The molecule has 0 amide bonds. The molecule has 19 heavy (non-hydrogen) atoms. The van der Waals surface area contributed by atoms with E-state index in [1.165, 1.54) is 44.2 Å². The Morgan fingerprint density at radius 1 is 1.11 bits per heavy atom. The third-order valence-corrected chi connectivity index (χ3v) is 5.06. The second kappa shape index (κ2) is 5.16.